The fourth-order valence-electron chi connectivity index (χ4n) is 2.83. The molecule has 0 heterocycles. The molecule has 0 aliphatic rings. The average Bonchev–Trinajstić information content (AvgIpc) is 2.82. The van der Waals surface area contributed by atoms with Crippen molar-refractivity contribution in [1.82, 2.24) is 0 Å². The summed E-state index contributed by atoms with van der Waals surface area (Å²) in [5, 5.41) is 0. The van der Waals surface area contributed by atoms with Crippen LogP contribution in [0.1, 0.15) is 62.7 Å². The zero-order chi connectivity index (χ0) is 23.9. The van der Waals surface area contributed by atoms with Crippen LogP contribution in [0.15, 0.2) is 60.7 Å². The first kappa shape index (κ1) is 26.0. The molecule has 0 spiro atoms. The van der Waals surface area contributed by atoms with Gasteiger partial charge in [0, 0.05) is 5.57 Å². The van der Waals surface area contributed by atoms with E-state index in [4.69, 9.17) is 18.9 Å². The molecule has 2 rings (SSSR count). The summed E-state index contributed by atoms with van der Waals surface area (Å²) in [5.74, 6) is 1.17. The van der Waals surface area contributed by atoms with Gasteiger partial charge in [0.15, 0.2) is 0 Å². The maximum Gasteiger partial charge on any atom is 0.343 e. The van der Waals surface area contributed by atoms with Gasteiger partial charge in [-0.3, -0.25) is 0 Å². The van der Waals surface area contributed by atoms with E-state index in [1.807, 2.05) is 0 Å². The number of ether oxygens (including phenoxy) is 4. The second-order valence-electron chi connectivity index (χ2n) is 7.77. The number of carbonyl (C=O) groups excluding carboxylic acids is 2. The summed E-state index contributed by atoms with van der Waals surface area (Å²) in [6.07, 6.45) is 5.75. The Bertz CT molecular complexity index is 870. The van der Waals surface area contributed by atoms with Gasteiger partial charge in [-0.25, -0.2) is 9.59 Å². The normalized spacial score (nSPS) is 10.4. The van der Waals surface area contributed by atoms with Crippen LogP contribution in [0.3, 0.4) is 0 Å². The number of hydrogen-bond donors (Lipinski definition) is 0. The van der Waals surface area contributed by atoms with Gasteiger partial charge in [0.25, 0.3) is 0 Å². The molecule has 0 saturated heterocycles. The van der Waals surface area contributed by atoms with Crippen molar-refractivity contribution in [3.63, 3.8) is 0 Å². The van der Waals surface area contributed by atoms with Gasteiger partial charge in [0.05, 0.1) is 25.4 Å². The number of unbranched alkanes of at least 4 members (excludes halogenated alkanes) is 4. The number of carbonyl (C=O) groups is 2. The Kier molecular flexibility index (Phi) is 11.6. The van der Waals surface area contributed by atoms with Crippen LogP contribution >= 0.6 is 0 Å². The largest absolute Gasteiger partial charge is 0.494 e. The van der Waals surface area contributed by atoms with E-state index in [0.717, 1.165) is 44.3 Å². The molecule has 6 nitrogen and oxygen atoms in total. The number of rotatable bonds is 15. The third-order valence-electron chi connectivity index (χ3n) is 4.78. The van der Waals surface area contributed by atoms with Crippen molar-refractivity contribution < 1.29 is 28.5 Å². The van der Waals surface area contributed by atoms with E-state index in [0.29, 0.717) is 42.5 Å². The van der Waals surface area contributed by atoms with Gasteiger partial charge in [0.2, 0.25) is 0 Å². The summed E-state index contributed by atoms with van der Waals surface area (Å²) in [7, 11) is 0. The molecule has 0 aromatic heterocycles. The summed E-state index contributed by atoms with van der Waals surface area (Å²) < 4.78 is 21.8. The molecule has 178 valence electrons. The summed E-state index contributed by atoms with van der Waals surface area (Å²) in [6, 6.07) is 13.9. The highest BCUT2D eigenvalue weighted by molar-refractivity contribution is 5.91. The Morgan fingerprint density at radius 1 is 0.727 bits per heavy atom. The van der Waals surface area contributed by atoms with E-state index in [2.05, 4.69) is 13.5 Å². The van der Waals surface area contributed by atoms with E-state index in [1.165, 1.54) is 0 Å². The molecule has 0 unspecified atom stereocenters. The second-order valence-corrected chi connectivity index (χ2v) is 7.77. The highest BCUT2D eigenvalue weighted by atomic mass is 16.5. The van der Waals surface area contributed by atoms with Gasteiger partial charge in [-0.1, -0.05) is 19.9 Å². The molecular weight excluding hydrogens is 420 g/mol. The van der Waals surface area contributed by atoms with E-state index in [1.54, 1.807) is 55.5 Å². The Balaban J connectivity index is 1.64. The maximum atomic E-state index is 12.4. The minimum absolute atomic E-state index is 0.337. The lowest BCUT2D eigenvalue weighted by Crippen LogP contribution is -2.08. The van der Waals surface area contributed by atoms with Crippen LogP contribution in [-0.2, 0) is 9.53 Å². The lowest BCUT2D eigenvalue weighted by molar-refractivity contribution is -0.139. The smallest absolute Gasteiger partial charge is 0.343 e. The highest BCUT2D eigenvalue weighted by Crippen LogP contribution is 2.20. The van der Waals surface area contributed by atoms with Crippen molar-refractivity contribution in [1.29, 1.82) is 0 Å². The third kappa shape index (κ3) is 10.3. The van der Waals surface area contributed by atoms with Crippen molar-refractivity contribution in [3.05, 3.63) is 66.2 Å². The standard InChI is InChI=1S/C27H34O6/c1-4-5-18-30-24-14-16-25(17-15-24)33-27(29)22-10-12-23(13-11-22)31-19-8-6-7-9-20-32-26(28)21(2)3/h10-17H,2,4-9,18-20H2,1,3H3. The van der Waals surface area contributed by atoms with Crippen LogP contribution in [0.25, 0.3) is 0 Å². The number of esters is 2. The molecule has 2 aromatic carbocycles. The van der Waals surface area contributed by atoms with E-state index in [9.17, 15) is 9.59 Å². The van der Waals surface area contributed by atoms with Crippen LogP contribution < -0.4 is 14.2 Å². The predicted octanol–water partition coefficient (Wildman–Crippen LogP) is 6.14. The minimum atomic E-state index is -0.423. The average molecular weight is 455 g/mol. The Labute approximate surface area is 196 Å². The summed E-state index contributed by atoms with van der Waals surface area (Å²) in [5.41, 5.74) is 0.875. The monoisotopic (exact) mass is 454 g/mol. The lowest BCUT2D eigenvalue weighted by Gasteiger charge is -2.09. The lowest BCUT2D eigenvalue weighted by atomic mass is 10.2. The van der Waals surface area contributed by atoms with Crippen molar-refractivity contribution >= 4 is 11.9 Å². The topological polar surface area (TPSA) is 71.1 Å². The SMILES string of the molecule is C=C(C)C(=O)OCCCCCCOc1ccc(C(=O)Oc2ccc(OCCCC)cc2)cc1. The molecule has 6 heteroatoms. The van der Waals surface area contributed by atoms with Crippen molar-refractivity contribution in [2.24, 2.45) is 0 Å². The zero-order valence-electron chi connectivity index (χ0n) is 19.6. The Morgan fingerprint density at radius 3 is 1.82 bits per heavy atom. The van der Waals surface area contributed by atoms with E-state index >= 15 is 0 Å². The van der Waals surface area contributed by atoms with Gasteiger partial charge in [-0.15, -0.1) is 0 Å². The molecule has 33 heavy (non-hydrogen) atoms. The van der Waals surface area contributed by atoms with Gasteiger partial charge in [-0.05, 0) is 87.6 Å². The summed E-state index contributed by atoms with van der Waals surface area (Å²) in [6.45, 7) is 8.98. The van der Waals surface area contributed by atoms with Crippen LogP contribution in [0.4, 0.5) is 0 Å². The summed E-state index contributed by atoms with van der Waals surface area (Å²) in [4.78, 5) is 23.6. The van der Waals surface area contributed by atoms with Crippen molar-refractivity contribution in [2.75, 3.05) is 19.8 Å². The fraction of sp³-hybridized carbons (Fsp3) is 0.407. The molecule has 0 amide bonds. The molecule has 0 fully saturated rings. The molecule has 0 bridgehead atoms. The molecule has 0 radical (unpaired) electrons. The van der Waals surface area contributed by atoms with E-state index < -0.39 is 5.97 Å². The van der Waals surface area contributed by atoms with Crippen molar-refractivity contribution in [3.8, 4) is 17.2 Å². The van der Waals surface area contributed by atoms with Gasteiger partial charge in [-0.2, -0.15) is 0 Å². The first-order valence-corrected chi connectivity index (χ1v) is 11.5. The molecule has 0 N–H and O–H groups in total. The molecular formula is C27H34O6. The third-order valence-corrected chi connectivity index (χ3v) is 4.78. The molecule has 2 aromatic rings. The van der Waals surface area contributed by atoms with E-state index in [-0.39, 0.29) is 5.97 Å². The Hall–Kier alpha value is -3.28. The quantitative estimate of drug-likeness (QED) is 0.139. The number of hydrogen-bond acceptors (Lipinski definition) is 6. The van der Waals surface area contributed by atoms with Gasteiger partial charge in [0.1, 0.15) is 17.2 Å². The summed E-state index contributed by atoms with van der Waals surface area (Å²) >= 11 is 0. The molecule has 0 atom stereocenters. The first-order valence-electron chi connectivity index (χ1n) is 11.5. The highest BCUT2D eigenvalue weighted by Gasteiger charge is 2.09. The zero-order valence-corrected chi connectivity index (χ0v) is 19.6. The molecule has 0 aliphatic heterocycles. The van der Waals surface area contributed by atoms with Gasteiger partial charge >= 0.3 is 11.9 Å². The van der Waals surface area contributed by atoms with Crippen molar-refractivity contribution in [2.45, 2.75) is 52.4 Å². The molecule has 0 aliphatic carbocycles. The number of benzene rings is 2. The minimum Gasteiger partial charge on any atom is -0.494 e. The van der Waals surface area contributed by atoms with Crippen LogP contribution in [0.2, 0.25) is 0 Å². The molecule has 0 saturated carbocycles. The van der Waals surface area contributed by atoms with Gasteiger partial charge < -0.3 is 18.9 Å². The van der Waals surface area contributed by atoms with Crippen LogP contribution in [0, 0.1) is 0 Å². The predicted molar refractivity (Wildman–Crippen MR) is 128 cm³/mol. The van der Waals surface area contributed by atoms with Crippen LogP contribution in [-0.4, -0.2) is 31.8 Å². The Morgan fingerprint density at radius 2 is 1.24 bits per heavy atom. The maximum absolute atomic E-state index is 12.4. The second kappa shape index (κ2) is 14.7. The first-order chi connectivity index (χ1) is 16.0. The van der Waals surface area contributed by atoms with Crippen LogP contribution in [0.5, 0.6) is 17.2 Å². The fourth-order valence-corrected chi connectivity index (χ4v) is 2.83.